The van der Waals surface area contributed by atoms with E-state index in [4.69, 9.17) is 9.47 Å². The number of sulfonamides is 1. The molecule has 1 atom stereocenters. The van der Waals surface area contributed by atoms with Crippen LogP contribution < -0.4 is 4.72 Å². The van der Waals surface area contributed by atoms with Crippen LogP contribution in [0, 0.1) is 0 Å². The molecule has 7 heteroatoms. The topological polar surface area (TPSA) is 64.6 Å². The molecule has 1 aliphatic carbocycles. The first-order chi connectivity index (χ1) is 9.10. The van der Waals surface area contributed by atoms with Gasteiger partial charge in [0.2, 0.25) is 10.0 Å². The van der Waals surface area contributed by atoms with Gasteiger partial charge >= 0.3 is 0 Å². The molecular weight excluding hydrogens is 286 g/mol. The molecule has 1 aromatic rings. The second-order valence-electron chi connectivity index (χ2n) is 4.95. The minimum absolute atomic E-state index is 0.187. The predicted octanol–water partition coefficient (Wildman–Crippen LogP) is 1.71. The lowest BCUT2D eigenvalue weighted by atomic mass is 10.2. The Kier molecular flexibility index (Phi) is 3.65. The SMILES string of the molecule is O=S(=O)(NC[C@H]1COC2(CCCC2)O1)c1cccs1. The van der Waals surface area contributed by atoms with E-state index >= 15 is 0 Å². The van der Waals surface area contributed by atoms with Gasteiger partial charge in [0.1, 0.15) is 4.21 Å². The predicted molar refractivity (Wildman–Crippen MR) is 71.5 cm³/mol. The van der Waals surface area contributed by atoms with E-state index in [0.717, 1.165) is 25.7 Å². The van der Waals surface area contributed by atoms with E-state index in [9.17, 15) is 8.42 Å². The van der Waals surface area contributed by atoms with Crippen molar-refractivity contribution < 1.29 is 17.9 Å². The van der Waals surface area contributed by atoms with Crippen molar-refractivity contribution in [1.82, 2.24) is 4.72 Å². The van der Waals surface area contributed by atoms with E-state index in [-0.39, 0.29) is 12.6 Å². The lowest BCUT2D eigenvalue weighted by Gasteiger charge is -2.21. The van der Waals surface area contributed by atoms with Gasteiger partial charge in [0, 0.05) is 19.4 Å². The summed E-state index contributed by atoms with van der Waals surface area (Å²) < 4.78 is 38.4. The van der Waals surface area contributed by atoms with Crippen LogP contribution in [0.1, 0.15) is 25.7 Å². The summed E-state index contributed by atoms with van der Waals surface area (Å²) in [5.41, 5.74) is 0. The van der Waals surface area contributed by atoms with Gasteiger partial charge in [-0.25, -0.2) is 13.1 Å². The molecule has 0 aromatic carbocycles. The first kappa shape index (κ1) is 13.5. The molecule has 2 fully saturated rings. The van der Waals surface area contributed by atoms with E-state index in [0.29, 0.717) is 10.8 Å². The molecule has 3 rings (SSSR count). The molecule has 1 N–H and O–H groups in total. The van der Waals surface area contributed by atoms with E-state index in [2.05, 4.69) is 4.72 Å². The minimum Gasteiger partial charge on any atom is -0.347 e. The molecule has 0 amide bonds. The first-order valence-corrected chi connectivity index (χ1v) is 8.81. The first-order valence-electron chi connectivity index (χ1n) is 6.45. The number of rotatable bonds is 4. The van der Waals surface area contributed by atoms with Crippen LogP contribution in [0.15, 0.2) is 21.7 Å². The quantitative estimate of drug-likeness (QED) is 0.919. The number of nitrogens with one attached hydrogen (secondary N) is 1. The van der Waals surface area contributed by atoms with Crippen LogP contribution in [0.4, 0.5) is 0 Å². The molecule has 0 radical (unpaired) electrons. The molecule has 2 aliphatic rings. The Hall–Kier alpha value is -0.470. The van der Waals surface area contributed by atoms with E-state index in [1.807, 2.05) is 0 Å². The molecule has 1 aliphatic heterocycles. The highest BCUT2D eigenvalue weighted by atomic mass is 32.2. The summed E-state index contributed by atoms with van der Waals surface area (Å²) in [6.45, 7) is 0.731. The van der Waals surface area contributed by atoms with Gasteiger partial charge in [-0.2, -0.15) is 0 Å². The molecule has 1 spiro atoms. The maximum atomic E-state index is 12.0. The van der Waals surface area contributed by atoms with Gasteiger partial charge in [0.05, 0.1) is 12.7 Å². The maximum Gasteiger partial charge on any atom is 0.250 e. The van der Waals surface area contributed by atoms with Gasteiger partial charge in [-0.05, 0) is 24.3 Å². The molecule has 0 unspecified atom stereocenters. The Balaban J connectivity index is 1.56. The van der Waals surface area contributed by atoms with Crippen molar-refractivity contribution in [2.24, 2.45) is 0 Å². The molecule has 19 heavy (non-hydrogen) atoms. The monoisotopic (exact) mass is 303 g/mol. The van der Waals surface area contributed by atoms with Gasteiger partial charge in [0.15, 0.2) is 5.79 Å². The molecule has 2 heterocycles. The van der Waals surface area contributed by atoms with Gasteiger partial charge in [-0.3, -0.25) is 0 Å². The number of hydrogen-bond acceptors (Lipinski definition) is 5. The molecule has 1 aromatic heterocycles. The third-order valence-corrected chi connectivity index (χ3v) is 6.36. The van der Waals surface area contributed by atoms with Crippen LogP contribution in [0.5, 0.6) is 0 Å². The summed E-state index contributed by atoms with van der Waals surface area (Å²) in [4.78, 5) is 0. The fourth-order valence-corrected chi connectivity index (χ4v) is 4.69. The molecule has 106 valence electrons. The van der Waals surface area contributed by atoms with E-state index in [1.165, 1.54) is 11.3 Å². The summed E-state index contributed by atoms with van der Waals surface area (Å²) in [6.07, 6.45) is 3.89. The Labute approximate surface area is 117 Å². The third-order valence-electron chi connectivity index (χ3n) is 3.54. The average Bonchev–Trinajstić information content (AvgIpc) is 3.10. The molecule has 0 bridgehead atoms. The lowest BCUT2D eigenvalue weighted by Crippen LogP contribution is -2.34. The van der Waals surface area contributed by atoms with E-state index < -0.39 is 15.8 Å². The van der Waals surface area contributed by atoms with Gasteiger partial charge < -0.3 is 9.47 Å². The Morgan fingerprint density at radius 3 is 2.89 bits per heavy atom. The number of thiophene rings is 1. The fourth-order valence-electron chi connectivity index (χ4n) is 2.58. The third kappa shape index (κ3) is 2.85. The average molecular weight is 303 g/mol. The zero-order valence-electron chi connectivity index (χ0n) is 10.5. The van der Waals surface area contributed by atoms with Crippen molar-refractivity contribution in [1.29, 1.82) is 0 Å². The van der Waals surface area contributed by atoms with Crippen molar-refractivity contribution in [3.05, 3.63) is 17.5 Å². The highest BCUT2D eigenvalue weighted by Crippen LogP contribution is 2.39. The van der Waals surface area contributed by atoms with E-state index in [1.54, 1.807) is 17.5 Å². The highest BCUT2D eigenvalue weighted by molar-refractivity contribution is 7.91. The normalized spacial score (nSPS) is 26.2. The van der Waals surface area contributed by atoms with Gasteiger partial charge in [0.25, 0.3) is 0 Å². The van der Waals surface area contributed by atoms with Gasteiger partial charge in [-0.15, -0.1) is 11.3 Å². The van der Waals surface area contributed by atoms with Crippen LogP contribution in [0.2, 0.25) is 0 Å². The number of hydrogen-bond donors (Lipinski definition) is 1. The van der Waals surface area contributed by atoms with Crippen molar-refractivity contribution in [3.63, 3.8) is 0 Å². The van der Waals surface area contributed by atoms with Crippen LogP contribution >= 0.6 is 11.3 Å². The van der Waals surface area contributed by atoms with Crippen molar-refractivity contribution in [2.45, 2.75) is 41.8 Å². The summed E-state index contributed by atoms with van der Waals surface area (Å²) in [5.74, 6) is -0.432. The molecular formula is C12H17NO4S2. The molecule has 1 saturated carbocycles. The maximum absolute atomic E-state index is 12.0. The van der Waals surface area contributed by atoms with Crippen molar-refractivity contribution in [3.8, 4) is 0 Å². The van der Waals surface area contributed by atoms with Crippen molar-refractivity contribution in [2.75, 3.05) is 13.2 Å². The largest absolute Gasteiger partial charge is 0.347 e. The van der Waals surface area contributed by atoms with Crippen molar-refractivity contribution >= 4 is 21.4 Å². The van der Waals surface area contributed by atoms with Crippen LogP contribution in [-0.4, -0.2) is 33.5 Å². The van der Waals surface area contributed by atoms with Crippen LogP contribution in [-0.2, 0) is 19.5 Å². The van der Waals surface area contributed by atoms with Crippen LogP contribution in [0.3, 0.4) is 0 Å². The Morgan fingerprint density at radius 1 is 1.42 bits per heavy atom. The zero-order chi connectivity index (χ0) is 13.3. The smallest absolute Gasteiger partial charge is 0.250 e. The summed E-state index contributed by atoms with van der Waals surface area (Å²) in [5, 5.41) is 1.75. The molecule has 1 saturated heterocycles. The Morgan fingerprint density at radius 2 is 2.21 bits per heavy atom. The zero-order valence-corrected chi connectivity index (χ0v) is 12.1. The van der Waals surface area contributed by atoms with Crippen LogP contribution in [0.25, 0.3) is 0 Å². The fraction of sp³-hybridized carbons (Fsp3) is 0.667. The summed E-state index contributed by atoms with van der Waals surface area (Å²) >= 11 is 1.21. The minimum atomic E-state index is -3.41. The Bertz CT molecular complexity index is 520. The summed E-state index contributed by atoms with van der Waals surface area (Å²) in [7, 11) is -3.41. The standard InChI is InChI=1S/C12H17NO4S2/c14-19(15,11-4-3-7-18-11)13-8-10-9-16-12(17-10)5-1-2-6-12/h3-4,7,10,13H,1-2,5-6,8-9H2/t10-/m0/s1. The van der Waals surface area contributed by atoms with Gasteiger partial charge in [-0.1, -0.05) is 6.07 Å². The second kappa shape index (κ2) is 5.14. The summed E-state index contributed by atoms with van der Waals surface area (Å²) in [6, 6.07) is 3.32. The molecule has 5 nitrogen and oxygen atoms in total. The lowest BCUT2D eigenvalue weighted by molar-refractivity contribution is -0.160. The highest BCUT2D eigenvalue weighted by Gasteiger charge is 2.43. The number of ether oxygens (including phenoxy) is 2. The second-order valence-corrected chi connectivity index (χ2v) is 7.89.